The van der Waals surface area contributed by atoms with Crippen molar-refractivity contribution >= 4 is 17.7 Å². The summed E-state index contributed by atoms with van der Waals surface area (Å²) in [6.07, 6.45) is 2.66. The Morgan fingerprint density at radius 1 is 1.23 bits per heavy atom. The van der Waals surface area contributed by atoms with Gasteiger partial charge in [0.25, 0.3) is 0 Å². The van der Waals surface area contributed by atoms with Crippen LogP contribution < -0.4 is 0 Å². The fourth-order valence-electron chi connectivity index (χ4n) is 4.49. The fourth-order valence-corrected chi connectivity index (χ4v) is 4.49. The Balaban J connectivity index is 2.65. The van der Waals surface area contributed by atoms with Crippen molar-refractivity contribution in [1.82, 2.24) is 0 Å². The number of ether oxygens (including phenoxy) is 2. The Kier molecular flexibility index (Phi) is 3.75. The summed E-state index contributed by atoms with van der Waals surface area (Å²) in [6.45, 7) is 7.33. The van der Waals surface area contributed by atoms with Crippen LogP contribution in [0.15, 0.2) is 11.6 Å². The number of Topliss-reactive ketones (excluding diaryl/α,β-unsaturated/α-hetero) is 1. The third-order valence-corrected chi connectivity index (χ3v) is 6.22. The van der Waals surface area contributed by atoms with Crippen molar-refractivity contribution in [3.8, 4) is 0 Å². The molecule has 0 bridgehead atoms. The van der Waals surface area contributed by atoms with Crippen molar-refractivity contribution in [1.29, 1.82) is 0 Å². The van der Waals surface area contributed by atoms with Gasteiger partial charge >= 0.3 is 11.9 Å². The van der Waals surface area contributed by atoms with Gasteiger partial charge in [0.2, 0.25) is 0 Å². The average Bonchev–Trinajstić information content (AvgIpc) is 2.87. The number of methoxy groups -OCH3 is 2. The summed E-state index contributed by atoms with van der Waals surface area (Å²) in [5.41, 5.74) is -1.98. The number of esters is 2. The third-order valence-electron chi connectivity index (χ3n) is 6.22. The molecule has 2 aliphatic rings. The van der Waals surface area contributed by atoms with Crippen molar-refractivity contribution in [3.05, 3.63) is 11.6 Å². The molecule has 1 saturated carbocycles. The Labute approximate surface area is 131 Å². The minimum atomic E-state index is -1.27. The van der Waals surface area contributed by atoms with E-state index in [1.165, 1.54) is 14.2 Å². The summed E-state index contributed by atoms with van der Waals surface area (Å²) in [5.74, 6) is -1.30. The van der Waals surface area contributed by atoms with Crippen LogP contribution in [-0.4, -0.2) is 31.9 Å². The Bertz CT molecular complexity index is 574. The highest BCUT2D eigenvalue weighted by atomic mass is 16.5. The standard InChI is InChI=1S/C17H24O5/c1-10-7-8-11-15(2,3)16(4,14(20)22-6)13(19)17(10,11)9-12(18)21-5/h7,11H,8-9H2,1-6H3/t11-,16+,17-/m1/s1. The fraction of sp³-hybridized carbons (Fsp3) is 0.706. The van der Waals surface area contributed by atoms with E-state index in [0.717, 1.165) is 5.57 Å². The van der Waals surface area contributed by atoms with Gasteiger partial charge in [-0.25, -0.2) is 0 Å². The molecule has 2 rings (SSSR count). The maximum Gasteiger partial charge on any atom is 0.319 e. The summed E-state index contributed by atoms with van der Waals surface area (Å²) in [7, 11) is 2.60. The zero-order chi connectivity index (χ0) is 16.9. The number of hydrogen-bond acceptors (Lipinski definition) is 5. The minimum absolute atomic E-state index is 0.0225. The maximum atomic E-state index is 13.4. The molecular formula is C17H24O5. The number of fused-ring (bicyclic) bond motifs is 1. The number of ketones is 1. The minimum Gasteiger partial charge on any atom is -0.469 e. The predicted octanol–water partition coefficient (Wildman–Crippen LogP) is 2.29. The molecule has 0 aromatic carbocycles. The molecule has 0 spiro atoms. The van der Waals surface area contributed by atoms with E-state index < -0.39 is 28.2 Å². The molecule has 0 amide bonds. The second-order valence-electron chi connectivity index (χ2n) is 7.07. The van der Waals surface area contributed by atoms with E-state index >= 15 is 0 Å². The molecule has 0 unspecified atom stereocenters. The maximum absolute atomic E-state index is 13.4. The lowest BCUT2D eigenvalue weighted by Gasteiger charge is -2.38. The molecule has 0 aromatic rings. The van der Waals surface area contributed by atoms with Gasteiger partial charge in [0.1, 0.15) is 5.41 Å². The average molecular weight is 308 g/mol. The molecule has 5 heteroatoms. The zero-order valence-corrected chi connectivity index (χ0v) is 14.1. The first kappa shape index (κ1) is 16.7. The predicted molar refractivity (Wildman–Crippen MR) is 79.8 cm³/mol. The topological polar surface area (TPSA) is 69.7 Å². The van der Waals surface area contributed by atoms with Gasteiger partial charge in [0.15, 0.2) is 5.78 Å². The van der Waals surface area contributed by atoms with E-state index in [0.29, 0.717) is 6.42 Å². The van der Waals surface area contributed by atoms with Crippen LogP contribution in [0.1, 0.15) is 40.5 Å². The molecule has 0 aliphatic heterocycles. The molecule has 3 atom stereocenters. The van der Waals surface area contributed by atoms with E-state index in [1.807, 2.05) is 26.8 Å². The highest BCUT2D eigenvalue weighted by molar-refractivity contribution is 6.12. The van der Waals surface area contributed by atoms with E-state index in [1.54, 1.807) is 6.92 Å². The van der Waals surface area contributed by atoms with Crippen molar-refractivity contribution in [2.75, 3.05) is 14.2 Å². The highest BCUT2D eigenvalue weighted by Gasteiger charge is 2.74. The number of carbonyl (C=O) groups is 3. The first-order chi connectivity index (χ1) is 10.1. The first-order valence-corrected chi connectivity index (χ1v) is 7.48. The third kappa shape index (κ3) is 1.68. The molecule has 0 saturated heterocycles. The van der Waals surface area contributed by atoms with Gasteiger partial charge in [0.05, 0.1) is 26.1 Å². The molecular weight excluding hydrogens is 284 g/mol. The smallest absolute Gasteiger partial charge is 0.319 e. The van der Waals surface area contributed by atoms with Gasteiger partial charge in [-0.2, -0.15) is 0 Å². The number of rotatable bonds is 3. The first-order valence-electron chi connectivity index (χ1n) is 7.48. The van der Waals surface area contributed by atoms with Crippen LogP contribution in [-0.2, 0) is 23.9 Å². The van der Waals surface area contributed by atoms with Gasteiger partial charge in [-0.1, -0.05) is 25.5 Å². The molecule has 22 heavy (non-hydrogen) atoms. The van der Waals surface area contributed by atoms with Gasteiger partial charge in [-0.3, -0.25) is 14.4 Å². The molecule has 1 fully saturated rings. The summed E-state index contributed by atoms with van der Waals surface area (Å²) in [4.78, 5) is 37.7. The molecule has 122 valence electrons. The van der Waals surface area contributed by atoms with E-state index in [9.17, 15) is 14.4 Å². The number of allylic oxidation sites excluding steroid dienone is 2. The van der Waals surface area contributed by atoms with Gasteiger partial charge in [-0.05, 0) is 31.6 Å². The van der Waals surface area contributed by atoms with Crippen molar-refractivity contribution in [2.24, 2.45) is 22.2 Å². The second-order valence-corrected chi connectivity index (χ2v) is 7.07. The largest absolute Gasteiger partial charge is 0.469 e. The monoisotopic (exact) mass is 308 g/mol. The van der Waals surface area contributed by atoms with Crippen LogP contribution in [0.2, 0.25) is 0 Å². The second kappa shape index (κ2) is 4.93. The van der Waals surface area contributed by atoms with Gasteiger partial charge < -0.3 is 9.47 Å². The summed E-state index contributed by atoms with van der Waals surface area (Å²) in [5, 5.41) is 0. The lowest BCUT2D eigenvalue weighted by Crippen LogP contribution is -2.46. The van der Waals surface area contributed by atoms with Crippen LogP contribution in [0, 0.1) is 22.2 Å². The number of carbonyl (C=O) groups excluding carboxylic acids is 3. The normalized spacial score (nSPS) is 35.8. The van der Waals surface area contributed by atoms with Crippen molar-refractivity contribution in [2.45, 2.75) is 40.5 Å². The molecule has 5 nitrogen and oxygen atoms in total. The van der Waals surface area contributed by atoms with E-state index in [2.05, 4.69) is 0 Å². The summed E-state index contributed by atoms with van der Waals surface area (Å²) < 4.78 is 9.72. The molecule has 0 radical (unpaired) electrons. The lowest BCUT2D eigenvalue weighted by molar-refractivity contribution is -0.163. The molecule has 0 heterocycles. The Morgan fingerprint density at radius 2 is 1.82 bits per heavy atom. The van der Waals surface area contributed by atoms with E-state index in [4.69, 9.17) is 9.47 Å². The van der Waals surface area contributed by atoms with Crippen LogP contribution in [0.5, 0.6) is 0 Å². The number of hydrogen-bond donors (Lipinski definition) is 0. The Morgan fingerprint density at radius 3 is 2.32 bits per heavy atom. The zero-order valence-electron chi connectivity index (χ0n) is 14.1. The van der Waals surface area contributed by atoms with Crippen LogP contribution in [0.25, 0.3) is 0 Å². The summed E-state index contributed by atoms with van der Waals surface area (Å²) >= 11 is 0. The Hall–Kier alpha value is -1.65. The van der Waals surface area contributed by atoms with Crippen molar-refractivity contribution in [3.63, 3.8) is 0 Å². The molecule has 0 N–H and O–H groups in total. The summed E-state index contributed by atoms with van der Waals surface area (Å²) in [6, 6.07) is 0. The molecule has 2 aliphatic carbocycles. The van der Waals surface area contributed by atoms with Crippen molar-refractivity contribution < 1.29 is 23.9 Å². The van der Waals surface area contributed by atoms with Crippen LogP contribution in [0.4, 0.5) is 0 Å². The lowest BCUT2D eigenvalue weighted by atomic mass is 9.64. The highest BCUT2D eigenvalue weighted by Crippen LogP contribution is 2.68. The van der Waals surface area contributed by atoms with Crippen LogP contribution >= 0.6 is 0 Å². The van der Waals surface area contributed by atoms with E-state index in [-0.39, 0.29) is 18.1 Å². The quantitative estimate of drug-likeness (QED) is 0.454. The molecule has 0 aromatic heterocycles. The van der Waals surface area contributed by atoms with Gasteiger partial charge in [-0.15, -0.1) is 0 Å². The SMILES string of the molecule is COC(=O)C[C@]12C(=O)[C@@](C)(C(=O)OC)C(C)(C)[C@H]1CC=C2C. The van der Waals surface area contributed by atoms with Crippen LogP contribution in [0.3, 0.4) is 0 Å². The van der Waals surface area contributed by atoms with Gasteiger partial charge in [0, 0.05) is 0 Å².